The predicted molar refractivity (Wildman–Crippen MR) is 82.1 cm³/mol. The van der Waals surface area contributed by atoms with E-state index in [9.17, 15) is 12.8 Å². The molecule has 0 aliphatic carbocycles. The Morgan fingerprint density at radius 3 is 2.71 bits per heavy atom. The van der Waals surface area contributed by atoms with E-state index >= 15 is 0 Å². The number of rotatable bonds is 7. The van der Waals surface area contributed by atoms with E-state index in [1.165, 1.54) is 13.1 Å². The molecular formula is C14H18ClFN2O2S. The monoisotopic (exact) mass is 332 g/mol. The first-order valence-corrected chi connectivity index (χ1v) is 8.24. The van der Waals surface area contributed by atoms with Gasteiger partial charge in [-0.2, -0.15) is 4.31 Å². The smallest absolute Gasteiger partial charge is 0.243 e. The molecule has 4 nitrogen and oxygen atoms in total. The van der Waals surface area contributed by atoms with Gasteiger partial charge in [-0.25, -0.2) is 12.8 Å². The Morgan fingerprint density at radius 1 is 1.48 bits per heavy atom. The summed E-state index contributed by atoms with van der Waals surface area (Å²) >= 11 is 5.88. The van der Waals surface area contributed by atoms with Crippen LogP contribution in [0.25, 0.3) is 0 Å². The van der Waals surface area contributed by atoms with Gasteiger partial charge in [-0.15, -0.1) is 6.42 Å². The highest BCUT2D eigenvalue weighted by Gasteiger charge is 2.23. The van der Waals surface area contributed by atoms with Gasteiger partial charge >= 0.3 is 0 Å². The van der Waals surface area contributed by atoms with Crippen LogP contribution in [0.2, 0.25) is 5.02 Å². The van der Waals surface area contributed by atoms with E-state index in [-0.39, 0.29) is 16.5 Å². The summed E-state index contributed by atoms with van der Waals surface area (Å²) in [7, 11) is -2.49. The van der Waals surface area contributed by atoms with Crippen molar-refractivity contribution in [3.63, 3.8) is 0 Å². The summed E-state index contributed by atoms with van der Waals surface area (Å²) in [5.41, 5.74) is 0.401. The lowest BCUT2D eigenvalue weighted by Crippen LogP contribution is -2.27. The minimum atomic E-state index is -3.83. The van der Waals surface area contributed by atoms with Crippen molar-refractivity contribution in [1.29, 1.82) is 0 Å². The van der Waals surface area contributed by atoms with Crippen molar-refractivity contribution >= 4 is 21.6 Å². The number of benzene rings is 1. The van der Waals surface area contributed by atoms with E-state index in [0.29, 0.717) is 12.1 Å². The summed E-state index contributed by atoms with van der Waals surface area (Å²) in [6, 6.07) is 2.28. The molecule has 0 saturated carbocycles. The van der Waals surface area contributed by atoms with Crippen LogP contribution in [0.3, 0.4) is 0 Å². The highest BCUT2D eigenvalue weighted by atomic mass is 35.5. The highest BCUT2D eigenvalue weighted by molar-refractivity contribution is 7.89. The normalized spacial score (nSPS) is 11.6. The van der Waals surface area contributed by atoms with Gasteiger partial charge in [0.05, 0.1) is 16.5 Å². The number of hydrogen-bond donors (Lipinski definition) is 1. The zero-order chi connectivity index (χ0) is 16.0. The standard InChI is InChI=1S/C14H18ClFN2O2S/c1-4-6-17-10-11-8-12(9-13(16)14(11)15)21(19,20)18(3)7-5-2/h2,8-9,17H,4,6-7,10H2,1,3H3. The number of nitrogens with one attached hydrogen (secondary N) is 1. The third-order valence-electron chi connectivity index (χ3n) is 2.84. The lowest BCUT2D eigenvalue weighted by Gasteiger charge is -2.16. The topological polar surface area (TPSA) is 49.4 Å². The van der Waals surface area contributed by atoms with Gasteiger partial charge in [0.2, 0.25) is 10.0 Å². The van der Waals surface area contributed by atoms with Crippen molar-refractivity contribution in [3.05, 3.63) is 28.5 Å². The summed E-state index contributed by atoms with van der Waals surface area (Å²) in [4.78, 5) is -0.157. The molecular weight excluding hydrogens is 315 g/mol. The van der Waals surface area contributed by atoms with Crippen LogP contribution >= 0.6 is 11.6 Å². The first-order chi connectivity index (χ1) is 9.84. The fourth-order valence-electron chi connectivity index (χ4n) is 1.69. The van der Waals surface area contributed by atoms with Gasteiger partial charge in [0, 0.05) is 13.6 Å². The van der Waals surface area contributed by atoms with E-state index in [4.69, 9.17) is 18.0 Å². The fourth-order valence-corrected chi connectivity index (χ4v) is 3.01. The Balaban J connectivity index is 3.17. The number of terminal acetylenes is 1. The van der Waals surface area contributed by atoms with Crippen LogP contribution < -0.4 is 5.32 Å². The molecule has 1 aromatic carbocycles. The second-order valence-electron chi connectivity index (χ2n) is 4.52. The molecule has 0 bridgehead atoms. The SMILES string of the molecule is C#CCN(C)S(=O)(=O)c1cc(F)c(Cl)c(CNCCC)c1. The van der Waals surface area contributed by atoms with E-state index < -0.39 is 15.8 Å². The van der Waals surface area contributed by atoms with E-state index in [0.717, 1.165) is 23.3 Å². The van der Waals surface area contributed by atoms with Gasteiger partial charge in [0.25, 0.3) is 0 Å². The number of hydrogen-bond acceptors (Lipinski definition) is 3. The Morgan fingerprint density at radius 2 is 2.14 bits per heavy atom. The van der Waals surface area contributed by atoms with Crippen molar-refractivity contribution in [1.82, 2.24) is 9.62 Å². The minimum absolute atomic E-state index is 0.0721. The Kier molecular flexibility index (Phi) is 6.62. The van der Waals surface area contributed by atoms with Crippen LogP contribution in [-0.4, -0.2) is 32.9 Å². The molecule has 0 aromatic heterocycles. The zero-order valence-electron chi connectivity index (χ0n) is 12.0. The molecule has 0 aliphatic rings. The van der Waals surface area contributed by atoms with Crippen LogP contribution in [0, 0.1) is 18.2 Å². The fraction of sp³-hybridized carbons (Fsp3) is 0.429. The largest absolute Gasteiger partial charge is 0.313 e. The van der Waals surface area contributed by atoms with Gasteiger partial charge in [-0.05, 0) is 30.7 Å². The molecule has 0 saturated heterocycles. The van der Waals surface area contributed by atoms with Crippen molar-refractivity contribution in [3.8, 4) is 12.3 Å². The first-order valence-electron chi connectivity index (χ1n) is 6.43. The van der Waals surface area contributed by atoms with Crippen molar-refractivity contribution in [2.45, 2.75) is 24.8 Å². The summed E-state index contributed by atoms with van der Waals surface area (Å²) in [5.74, 6) is 1.48. The molecule has 0 heterocycles. The average Bonchev–Trinajstić information content (AvgIpc) is 2.43. The maximum absolute atomic E-state index is 13.8. The van der Waals surface area contributed by atoms with Gasteiger partial charge in [-0.1, -0.05) is 24.4 Å². The van der Waals surface area contributed by atoms with Crippen LogP contribution in [0.5, 0.6) is 0 Å². The molecule has 7 heteroatoms. The summed E-state index contributed by atoms with van der Waals surface area (Å²) in [6.07, 6.45) is 6.01. The van der Waals surface area contributed by atoms with E-state index in [1.807, 2.05) is 6.92 Å². The van der Waals surface area contributed by atoms with Crippen molar-refractivity contribution < 1.29 is 12.8 Å². The molecule has 116 valence electrons. The average molecular weight is 333 g/mol. The molecule has 0 radical (unpaired) electrons. The summed E-state index contributed by atoms with van der Waals surface area (Å²) < 4.78 is 39.4. The molecule has 1 N–H and O–H groups in total. The number of sulfonamides is 1. The van der Waals surface area contributed by atoms with Crippen molar-refractivity contribution in [2.24, 2.45) is 0 Å². The molecule has 0 aliphatic heterocycles. The predicted octanol–water partition coefficient (Wildman–Crippen LogP) is 2.23. The Labute approximate surface area is 130 Å². The van der Waals surface area contributed by atoms with Crippen LogP contribution in [0.15, 0.2) is 17.0 Å². The molecule has 1 aromatic rings. The van der Waals surface area contributed by atoms with Crippen LogP contribution in [-0.2, 0) is 16.6 Å². The molecule has 0 atom stereocenters. The van der Waals surface area contributed by atoms with Gasteiger partial charge in [0.1, 0.15) is 5.82 Å². The maximum atomic E-state index is 13.8. The van der Waals surface area contributed by atoms with Gasteiger partial charge in [0.15, 0.2) is 0 Å². The lowest BCUT2D eigenvalue weighted by atomic mass is 10.2. The van der Waals surface area contributed by atoms with Crippen LogP contribution in [0.4, 0.5) is 4.39 Å². The second-order valence-corrected chi connectivity index (χ2v) is 6.94. The minimum Gasteiger partial charge on any atom is -0.313 e. The van der Waals surface area contributed by atoms with E-state index in [1.54, 1.807) is 0 Å². The Bertz CT molecular complexity index is 641. The summed E-state index contributed by atoms with van der Waals surface area (Å²) in [5, 5.41) is 2.99. The molecule has 0 fully saturated rings. The third kappa shape index (κ3) is 4.42. The maximum Gasteiger partial charge on any atom is 0.243 e. The number of nitrogens with zero attached hydrogens (tertiary/aromatic N) is 1. The molecule has 21 heavy (non-hydrogen) atoms. The molecule has 0 unspecified atom stereocenters. The molecule has 0 spiro atoms. The summed E-state index contributed by atoms with van der Waals surface area (Å²) in [6.45, 7) is 2.93. The number of halogens is 2. The quantitative estimate of drug-likeness (QED) is 0.615. The van der Waals surface area contributed by atoms with Crippen molar-refractivity contribution in [2.75, 3.05) is 20.1 Å². The lowest BCUT2D eigenvalue weighted by molar-refractivity contribution is 0.501. The molecule has 0 amide bonds. The Hall–Kier alpha value is -1.13. The third-order valence-corrected chi connectivity index (χ3v) is 5.05. The zero-order valence-corrected chi connectivity index (χ0v) is 13.6. The first kappa shape index (κ1) is 17.9. The van der Waals surface area contributed by atoms with Crippen LogP contribution in [0.1, 0.15) is 18.9 Å². The van der Waals surface area contributed by atoms with E-state index in [2.05, 4.69) is 11.2 Å². The molecule has 1 rings (SSSR count). The van der Waals surface area contributed by atoms with Gasteiger partial charge in [-0.3, -0.25) is 0 Å². The second kappa shape index (κ2) is 7.76. The highest BCUT2D eigenvalue weighted by Crippen LogP contribution is 2.25. The van der Waals surface area contributed by atoms with Gasteiger partial charge < -0.3 is 5.32 Å².